The molecule has 0 atom stereocenters. The van der Waals surface area contributed by atoms with Gasteiger partial charge in [-0.15, -0.1) is 11.3 Å². The molecular weight excluding hydrogens is 236 g/mol. The molecule has 5 heteroatoms. The molecule has 1 nitrogen and oxygen atoms in total. The third-order valence-corrected chi connectivity index (χ3v) is 3.26. The Kier molecular flexibility index (Phi) is 3.02. The Labute approximate surface area is 95.2 Å². The van der Waals surface area contributed by atoms with E-state index < -0.39 is 11.6 Å². The van der Waals surface area contributed by atoms with Crippen molar-refractivity contribution in [3.8, 4) is 11.3 Å². The minimum Gasteiger partial charge on any atom is -0.240 e. The van der Waals surface area contributed by atoms with Gasteiger partial charge in [0.05, 0.1) is 5.69 Å². The van der Waals surface area contributed by atoms with Gasteiger partial charge < -0.3 is 0 Å². The molecule has 0 saturated heterocycles. The monoisotopic (exact) mass is 243 g/mol. The number of thiazole rings is 1. The van der Waals surface area contributed by atoms with Crippen LogP contribution in [0.5, 0.6) is 0 Å². The molecule has 0 aliphatic rings. The van der Waals surface area contributed by atoms with Crippen LogP contribution in [0.2, 0.25) is 0 Å². The molecule has 0 spiro atoms. The van der Waals surface area contributed by atoms with Crippen molar-refractivity contribution in [2.45, 2.75) is 5.75 Å². The highest BCUT2D eigenvalue weighted by molar-refractivity contribution is 7.79. The SMILES string of the molecule is Fc1ccc(-c2csc(CS)n2)c(F)c1. The largest absolute Gasteiger partial charge is 0.240 e. The lowest BCUT2D eigenvalue weighted by atomic mass is 10.1. The molecule has 0 bridgehead atoms. The zero-order chi connectivity index (χ0) is 10.8. The van der Waals surface area contributed by atoms with E-state index in [1.165, 1.54) is 23.5 Å². The van der Waals surface area contributed by atoms with Crippen LogP contribution in [0.1, 0.15) is 5.01 Å². The first-order valence-electron chi connectivity index (χ1n) is 4.21. The summed E-state index contributed by atoms with van der Waals surface area (Å²) in [5.74, 6) is -0.653. The summed E-state index contributed by atoms with van der Waals surface area (Å²) in [6.07, 6.45) is 0. The summed E-state index contributed by atoms with van der Waals surface area (Å²) in [6, 6.07) is 3.47. The van der Waals surface area contributed by atoms with Gasteiger partial charge in [0, 0.05) is 22.8 Å². The molecule has 2 aromatic rings. The number of aromatic nitrogens is 1. The first kappa shape index (κ1) is 10.6. The van der Waals surface area contributed by atoms with E-state index in [0.29, 0.717) is 17.0 Å². The standard InChI is InChI=1S/C10H7F2NS2/c11-6-1-2-7(8(12)3-6)9-5-15-10(4-14)13-9/h1-3,5,14H,4H2. The number of nitrogens with zero attached hydrogens (tertiary/aromatic N) is 1. The molecule has 1 aromatic heterocycles. The molecule has 0 aliphatic carbocycles. The fraction of sp³-hybridized carbons (Fsp3) is 0.100. The van der Waals surface area contributed by atoms with Gasteiger partial charge >= 0.3 is 0 Å². The fourth-order valence-corrected chi connectivity index (χ4v) is 2.15. The summed E-state index contributed by atoms with van der Waals surface area (Å²) in [7, 11) is 0. The molecule has 0 amide bonds. The minimum atomic E-state index is -0.592. The molecule has 0 N–H and O–H groups in total. The number of rotatable bonds is 2. The van der Waals surface area contributed by atoms with E-state index in [2.05, 4.69) is 17.6 Å². The molecule has 0 fully saturated rings. The predicted molar refractivity (Wildman–Crippen MR) is 60.2 cm³/mol. The van der Waals surface area contributed by atoms with Gasteiger partial charge in [0.2, 0.25) is 0 Å². The van der Waals surface area contributed by atoms with Crippen LogP contribution < -0.4 is 0 Å². The Morgan fingerprint density at radius 1 is 1.33 bits per heavy atom. The van der Waals surface area contributed by atoms with E-state index in [1.807, 2.05) is 0 Å². The highest BCUT2D eigenvalue weighted by Gasteiger charge is 2.09. The second-order valence-electron chi connectivity index (χ2n) is 2.91. The van der Waals surface area contributed by atoms with Gasteiger partial charge in [-0.1, -0.05) is 0 Å². The molecule has 2 rings (SSSR count). The van der Waals surface area contributed by atoms with Gasteiger partial charge in [-0.05, 0) is 12.1 Å². The van der Waals surface area contributed by atoms with Crippen LogP contribution in [0.4, 0.5) is 8.78 Å². The number of benzene rings is 1. The lowest BCUT2D eigenvalue weighted by Crippen LogP contribution is -1.86. The van der Waals surface area contributed by atoms with Crippen LogP contribution in [0.25, 0.3) is 11.3 Å². The van der Waals surface area contributed by atoms with Gasteiger partial charge in [-0.2, -0.15) is 12.6 Å². The molecule has 78 valence electrons. The van der Waals surface area contributed by atoms with Gasteiger partial charge in [0.1, 0.15) is 16.6 Å². The van der Waals surface area contributed by atoms with Crippen molar-refractivity contribution < 1.29 is 8.78 Å². The normalized spacial score (nSPS) is 10.6. The second-order valence-corrected chi connectivity index (χ2v) is 4.17. The Balaban J connectivity index is 2.44. The molecule has 0 aliphatic heterocycles. The Morgan fingerprint density at radius 3 is 2.73 bits per heavy atom. The zero-order valence-corrected chi connectivity index (χ0v) is 9.29. The van der Waals surface area contributed by atoms with Crippen molar-refractivity contribution in [2.24, 2.45) is 0 Å². The smallest absolute Gasteiger partial charge is 0.135 e. The topological polar surface area (TPSA) is 12.9 Å². The molecule has 0 saturated carbocycles. The lowest BCUT2D eigenvalue weighted by molar-refractivity contribution is 0.585. The molecule has 0 radical (unpaired) electrons. The van der Waals surface area contributed by atoms with Gasteiger partial charge in [-0.25, -0.2) is 13.8 Å². The van der Waals surface area contributed by atoms with E-state index in [4.69, 9.17) is 0 Å². The van der Waals surface area contributed by atoms with Gasteiger partial charge in [0.15, 0.2) is 0 Å². The number of thiol groups is 1. The molecule has 0 unspecified atom stereocenters. The van der Waals surface area contributed by atoms with E-state index in [0.717, 1.165) is 11.1 Å². The minimum absolute atomic E-state index is 0.320. The Morgan fingerprint density at radius 2 is 2.13 bits per heavy atom. The van der Waals surface area contributed by atoms with Crippen LogP contribution in [0.3, 0.4) is 0 Å². The maximum absolute atomic E-state index is 13.4. The summed E-state index contributed by atoms with van der Waals surface area (Å²) in [5, 5.41) is 2.55. The first-order valence-corrected chi connectivity index (χ1v) is 5.72. The van der Waals surface area contributed by atoms with Crippen LogP contribution in [0.15, 0.2) is 23.6 Å². The Bertz CT molecular complexity index is 482. The number of halogens is 2. The van der Waals surface area contributed by atoms with Crippen LogP contribution in [-0.4, -0.2) is 4.98 Å². The predicted octanol–water partition coefficient (Wildman–Crippen LogP) is 3.52. The summed E-state index contributed by atoms with van der Waals surface area (Å²) in [4.78, 5) is 4.17. The highest BCUT2D eigenvalue weighted by Crippen LogP contribution is 2.25. The first-order chi connectivity index (χ1) is 7.20. The van der Waals surface area contributed by atoms with Gasteiger partial charge in [0.25, 0.3) is 0 Å². The van der Waals surface area contributed by atoms with Crippen molar-refractivity contribution in [3.63, 3.8) is 0 Å². The van der Waals surface area contributed by atoms with Crippen molar-refractivity contribution in [1.82, 2.24) is 4.98 Å². The van der Waals surface area contributed by atoms with Crippen LogP contribution in [-0.2, 0) is 5.75 Å². The fourth-order valence-electron chi connectivity index (χ4n) is 1.20. The number of hydrogen-bond donors (Lipinski definition) is 1. The third-order valence-electron chi connectivity index (χ3n) is 1.89. The van der Waals surface area contributed by atoms with Crippen molar-refractivity contribution in [1.29, 1.82) is 0 Å². The Hall–Kier alpha value is -0.940. The third kappa shape index (κ3) is 2.18. The van der Waals surface area contributed by atoms with E-state index >= 15 is 0 Å². The molecule has 15 heavy (non-hydrogen) atoms. The van der Waals surface area contributed by atoms with Crippen molar-refractivity contribution >= 4 is 24.0 Å². The maximum Gasteiger partial charge on any atom is 0.135 e. The van der Waals surface area contributed by atoms with Crippen molar-refractivity contribution in [2.75, 3.05) is 0 Å². The zero-order valence-electron chi connectivity index (χ0n) is 7.58. The maximum atomic E-state index is 13.4. The highest BCUT2D eigenvalue weighted by atomic mass is 32.1. The van der Waals surface area contributed by atoms with E-state index in [1.54, 1.807) is 5.38 Å². The van der Waals surface area contributed by atoms with Crippen molar-refractivity contribution in [3.05, 3.63) is 40.2 Å². The average molecular weight is 243 g/mol. The summed E-state index contributed by atoms with van der Waals surface area (Å²) in [6.45, 7) is 0. The summed E-state index contributed by atoms with van der Waals surface area (Å²) >= 11 is 5.48. The molecule has 1 aromatic carbocycles. The molecular formula is C10H7F2NS2. The average Bonchev–Trinajstić information content (AvgIpc) is 2.66. The second kappa shape index (κ2) is 4.28. The van der Waals surface area contributed by atoms with E-state index in [-0.39, 0.29) is 0 Å². The van der Waals surface area contributed by atoms with Gasteiger partial charge in [-0.3, -0.25) is 0 Å². The summed E-state index contributed by atoms with van der Waals surface area (Å²) in [5.41, 5.74) is 0.849. The van der Waals surface area contributed by atoms with E-state index in [9.17, 15) is 8.78 Å². The molecule has 1 heterocycles. The number of hydrogen-bond acceptors (Lipinski definition) is 3. The lowest BCUT2D eigenvalue weighted by Gasteiger charge is -1.98. The quantitative estimate of drug-likeness (QED) is 0.796. The van der Waals surface area contributed by atoms with Crippen LogP contribution in [0, 0.1) is 11.6 Å². The van der Waals surface area contributed by atoms with Crippen LogP contribution >= 0.6 is 24.0 Å². The summed E-state index contributed by atoms with van der Waals surface area (Å²) < 4.78 is 26.0.